The molecule has 0 saturated carbocycles. The summed E-state index contributed by atoms with van der Waals surface area (Å²) in [5.74, 6) is 0.285. The normalized spacial score (nSPS) is 11.9. The third-order valence-electron chi connectivity index (χ3n) is 0.600. The molecule has 0 saturated heterocycles. The molecule has 0 aromatic heterocycles. The molecular formula is C5H10N4. The lowest BCUT2D eigenvalue weighted by atomic mass is 10.7. The molecule has 0 aromatic carbocycles. The molecule has 0 bridgehead atoms. The number of hydrogen-bond donors (Lipinski definition) is 2. The number of nitrogens with one attached hydrogen (secondary N) is 1. The van der Waals surface area contributed by atoms with Crippen molar-refractivity contribution in [3.05, 3.63) is 12.7 Å². The Labute approximate surface area is 54.2 Å². The Morgan fingerprint density at radius 3 is 2.89 bits per heavy atom. The fourth-order valence-electron chi connectivity index (χ4n) is 0.206. The SMILES string of the molecule is C=CC=NNC(N)=NC. The zero-order chi connectivity index (χ0) is 7.11. The summed E-state index contributed by atoms with van der Waals surface area (Å²) in [4.78, 5) is 3.60. The Hall–Kier alpha value is -1.32. The van der Waals surface area contributed by atoms with E-state index >= 15 is 0 Å². The van der Waals surface area contributed by atoms with Gasteiger partial charge in [-0.3, -0.25) is 4.99 Å². The van der Waals surface area contributed by atoms with Crippen molar-refractivity contribution in [2.75, 3.05) is 7.05 Å². The molecule has 0 fully saturated rings. The Kier molecular flexibility index (Phi) is 4.12. The number of hydrogen-bond acceptors (Lipinski definition) is 2. The van der Waals surface area contributed by atoms with E-state index in [2.05, 4.69) is 22.1 Å². The molecule has 0 heterocycles. The second-order valence-electron chi connectivity index (χ2n) is 1.23. The molecule has 0 aromatic rings. The monoisotopic (exact) mass is 126 g/mol. The zero-order valence-electron chi connectivity index (χ0n) is 5.33. The van der Waals surface area contributed by atoms with Gasteiger partial charge in [-0.1, -0.05) is 6.58 Å². The predicted molar refractivity (Wildman–Crippen MR) is 39.4 cm³/mol. The van der Waals surface area contributed by atoms with Crippen molar-refractivity contribution in [2.45, 2.75) is 0 Å². The number of hydrazone groups is 1. The van der Waals surface area contributed by atoms with Gasteiger partial charge < -0.3 is 5.73 Å². The Morgan fingerprint density at radius 1 is 1.78 bits per heavy atom. The summed E-state index contributed by atoms with van der Waals surface area (Å²) in [6.45, 7) is 3.41. The summed E-state index contributed by atoms with van der Waals surface area (Å²) in [6, 6.07) is 0. The number of nitrogens with zero attached hydrogens (tertiary/aromatic N) is 2. The fourth-order valence-corrected chi connectivity index (χ4v) is 0.206. The molecule has 4 heteroatoms. The molecule has 0 spiro atoms. The average molecular weight is 126 g/mol. The first-order valence-electron chi connectivity index (χ1n) is 2.43. The van der Waals surface area contributed by atoms with Gasteiger partial charge in [0.25, 0.3) is 0 Å². The minimum atomic E-state index is 0.285. The van der Waals surface area contributed by atoms with Crippen LogP contribution in [-0.2, 0) is 0 Å². The Morgan fingerprint density at radius 2 is 2.44 bits per heavy atom. The largest absolute Gasteiger partial charge is 0.369 e. The standard InChI is InChI=1S/C5H10N4/c1-3-4-8-9-5(6)7-2/h3-4H,1H2,2H3,(H3,6,7,9). The molecule has 0 aliphatic heterocycles. The minimum Gasteiger partial charge on any atom is -0.369 e. The zero-order valence-corrected chi connectivity index (χ0v) is 5.33. The van der Waals surface area contributed by atoms with Crippen LogP contribution in [0.3, 0.4) is 0 Å². The second-order valence-corrected chi connectivity index (χ2v) is 1.23. The van der Waals surface area contributed by atoms with Gasteiger partial charge in [-0.15, -0.1) is 0 Å². The quantitative estimate of drug-likeness (QED) is 0.303. The van der Waals surface area contributed by atoms with Crippen molar-refractivity contribution in [1.29, 1.82) is 0 Å². The van der Waals surface area contributed by atoms with E-state index in [4.69, 9.17) is 5.73 Å². The molecule has 0 aliphatic carbocycles. The van der Waals surface area contributed by atoms with E-state index in [1.807, 2.05) is 0 Å². The van der Waals surface area contributed by atoms with Gasteiger partial charge in [-0.2, -0.15) is 5.10 Å². The highest BCUT2D eigenvalue weighted by Gasteiger charge is 1.77. The molecule has 0 radical (unpaired) electrons. The van der Waals surface area contributed by atoms with Crippen LogP contribution >= 0.6 is 0 Å². The summed E-state index contributed by atoms with van der Waals surface area (Å²) < 4.78 is 0. The molecule has 3 N–H and O–H groups in total. The molecule has 4 nitrogen and oxygen atoms in total. The molecule has 0 amide bonds. The highest BCUT2D eigenvalue weighted by Crippen LogP contribution is 1.59. The van der Waals surface area contributed by atoms with Crippen LogP contribution in [-0.4, -0.2) is 19.2 Å². The average Bonchev–Trinajstić information content (AvgIpc) is 1.89. The van der Waals surface area contributed by atoms with Crippen molar-refractivity contribution in [1.82, 2.24) is 5.43 Å². The first-order valence-corrected chi connectivity index (χ1v) is 2.43. The Balaban J connectivity index is 3.50. The van der Waals surface area contributed by atoms with Crippen LogP contribution in [0.25, 0.3) is 0 Å². The summed E-state index contributed by atoms with van der Waals surface area (Å²) in [7, 11) is 1.58. The Bertz CT molecular complexity index is 136. The molecule has 50 valence electrons. The maximum Gasteiger partial charge on any atom is 0.209 e. The van der Waals surface area contributed by atoms with Gasteiger partial charge in [0.1, 0.15) is 0 Å². The van der Waals surface area contributed by atoms with E-state index < -0.39 is 0 Å². The molecule has 0 atom stereocenters. The van der Waals surface area contributed by atoms with E-state index in [1.54, 1.807) is 7.05 Å². The molecule has 9 heavy (non-hydrogen) atoms. The van der Waals surface area contributed by atoms with Gasteiger partial charge in [0.05, 0.1) is 0 Å². The lowest BCUT2D eigenvalue weighted by Crippen LogP contribution is -2.26. The second kappa shape index (κ2) is 4.83. The first kappa shape index (κ1) is 7.68. The molecular weight excluding hydrogens is 116 g/mol. The van der Waals surface area contributed by atoms with Crippen molar-refractivity contribution in [2.24, 2.45) is 15.8 Å². The molecule has 0 unspecified atom stereocenters. The summed E-state index contributed by atoms with van der Waals surface area (Å²) in [6.07, 6.45) is 3.02. The number of allylic oxidation sites excluding steroid dienone is 1. The summed E-state index contributed by atoms with van der Waals surface area (Å²) in [5.41, 5.74) is 7.66. The van der Waals surface area contributed by atoms with Crippen LogP contribution < -0.4 is 11.2 Å². The van der Waals surface area contributed by atoms with Gasteiger partial charge in [0.2, 0.25) is 5.96 Å². The van der Waals surface area contributed by atoms with Crippen LogP contribution in [0.4, 0.5) is 0 Å². The van der Waals surface area contributed by atoms with Gasteiger partial charge in [0, 0.05) is 13.3 Å². The third kappa shape index (κ3) is 4.53. The first-order chi connectivity index (χ1) is 4.31. The van der Waals surface area contributed by atoms with E-state index in [0.29, 0.717) is 0 Å². The van der Waals surface area contributed by atoms with Crippen LogP contribution in [0.2, 0.25) is 0 Å². The van der Waals surface area contributed by atoms with E-state index in [9.17, 15) is 0 Å². The topological polar surface area (TPSA) is 62.8 Å². The van der Waals surface area contributed by atoms with Gasteiger partial charge in [-0.25, -0.2) is 5.43 Å². The highest BCUT2D eigenvalue weighted by atomic mass is 15.3. The maximum absolute atomic E-state index is 5.20. The van der Waals surface area contributed by atoms with Gasteiger partial charge in [0.15, 0.2) is 0 Å². The molecule has 0 rings (SSSR count). The van der Waals surface area contributed by atoms with Crippen molar-refractivity contribution in [3.63, 3.8) is 0 Å². The van der Waals surface area contributed by atoms with Gasteiger partial charge in [-0.05, 0) is 6.08 Å². The number of aliphatic imine (C=N–C) groups is 1. The van der Waals surface area contributed by atoms with Gasteiger partial charge >= 0.3 is 0 Å². The maximum atomic E-state index is 5.20. The van der Waals surface area contributed by atoms with Crippen molar-refractivity contribution < 1.29 is 0 Å². The van der Waals surface area contributed by atoms with Crippen LogP contribution in [0.15, 0.2) is 22.7 Å². The minimum absolute atomic E-state index is 0.285. The van der Waals surface area contributed by atoms with Crippen molar-refractivity contribution in [3.8, 4) is 0 Å². The summed E-state index contributed by atoms with van der Waals surface area (Å²) >= 11 is 0. The molecule has 0 aliphatic rings. The third-order valence-corrected chi connectivity index (χ3v) is 0.600. The highest BCUT2D eigenvalue weighted by molar-refractivity contribution is 5.79. The van der Waals surface area contributed by atoms with Crippen LogP contribution in [0.5, 0.6) is 0 Å². The number of nitrogens with two attached hydrogens (primary N) is 1. The van der Waals surface area contributed by atoms with E-state index in [1.165, 1.54) is 12.3 Å². The summed E-state index contributed by atoms with van der Waals surface area (Å²) in [5, 5.41) is 3.61. The number of rotatable bonds is 2. The van der Waals surface area contributed by atoms with Crippen LogP contribution in [0, 0.1) is 0 Å². The number of guanidine groups is 1. The fraction of sp³-hybridized carbons (Fsp3) is 0.200. The van der Waals surface area contributed by atoms with Crippen molar-refractivity contribution >= 4 is 12.2 Å². The predicted octanol–water partition coefficient (Wildman–Crippen LogP) is -0.308. The smallest absolute Gasteiger partial charge is 0.209 e. The van der Waals surface area contributed by atoms with E-state index in [-0.39, 0.29) is 5.96 Å². The van der Waals surface area contributed by atoms with E-state index in [0.717, 1.165) is 0 Å². The lowest BCUT2D eigenvalue weighted by Gasteiger charge is -1.92. The lowest BCUT2D eigenvalue weighted by molar-refractivity contribution is 1.01. The van der Waals surface area contributed by atoms with Crippen LogP contribution in [0.1, 0.15) is 0 Å².